The molecule has 4 N–H and O–H groups in total. The third-order valence-corrected chi connectivity index (χ3v) is 17.3. The number of rotatable bonds is 70. The van der Waals surface area contributed by atoms with Crippen LogP contribution in [0.1, 0.15) is 290 Å². The molecule has 0 aliphatic rings. The van der Waals surface area contributed by atoms with Gasteiger partial charge in [-0.05, 0) is 116 Å². The van der Waals surface area contributed by atoms with Gasteiger partial charge in [0.05, 0.1) is 26.4 Å². The quantitative estimate of drug-likeness (QED) is 0.0146. The van der Waals surface area contributed by atoms with Crippen LogP contribution in [0.4, 0.5) is 0 Å². The van der Waals surface area contributed by atoms with Gasteiger partial charge in [-0.3, -0.25) is 32.5 Å². The summed E-state index contributed by atoms with van der Waals surface area (Å²) >= 11 is 0. The summed E-state index contributed by atoms with van der Waals surface area (Å²) in [6.07, 6.45) is 85.1. The van der Waals surface area contributed by atoms with Crippen molar-refractivity contribution in [1.29, 1.82) is 0 Å². The maximum Gasteiger partial charge on any atom is 0.472 e. The summed E-state index contributed by atoms with van der Waals surface area (Å²) in [7, 11) is -9.80. The molecular weight excluding hydrogens is 1270 g/mol. The maximum absolute atomic E-state index is 12.9. The Morgan fingerprint density at radius 3 is 0.887 bits per heavy atom. The van der Waals surface area contributed by atoms with Crippen LogP contribution in [-0.4, -0.2) is 95.9 Å². The molecule has 0 radical (unpaired) electrons. The van der Waals surface area contributed by atoms with E-state index in [1.807, 2.05) is 0 Å². The molecule has 0 heterocycles. The maximum atomic E-state index is 12.9. The molecule has 18 heteroatoms. The Kier molecular flexibility index (Phi) is 68.3. The lowest BCUT2D eigenvalue weighted by molar-refractivity contribution is -0.161. The number of ether oxygens (including phenoxy) is 3. The van der Waals surface area contributed by atoms with Crippen molar-refractivity contribution >= 4 is 33.6 Å². The van der Waals surface area contributed by atoms with Crippen molar-refractivity contribution in [3.63, 3.8) is 0 Å². The molecule has 16 nitrogen and oxygen atoms in total. The summed E-state index contributed by atoms with van der Waals surface area (Å²) in [4.78, 5) is 58.5. The van der Waals surface area contributed by atoms with Crippen LogP contribution in [0.5, 0.6) is 0 Å². The second-order valence-corrected chi connectivity index (χ2v) is 27.6. The summed E-state index contributed by atoms with van der Waals surface area (Å²) in [5.41, 5.74) is 0. The number of aliphatic hydroxyl groups excluding tert-OH is 2. The van der Waals surface area contributed by atoms with Crippen LogP contribution in [0.15, 0.2) is 134 Å². The zero-order valence-corrected chi connectivity index (χ0v) is 62.2. The van der Waals surface area contributed by atoms with Gasteiger partial charge in [0.2, 0.25) is 0 Å². The lowest BCUT2D eigenvalue weighted by Gasteiger charge is -2.21. The molecule has 5 atom stereocenters. The average molecular weight is 1400 g/mol. The van der Waals surface area contributed by atoms with Crippen molar-refractivity contribution in [2.75, 3.05) is 39.6 Å². The highest BCUT2D eigenvalue weighted by molar-refractivity contribution is 7.47. The number of aliphatic hydroxyl groups is 2. The number of hydrogen-bond acceptors (Lipinski definition) is 14. The van der Waals surface area contributed by atoms with Crippen LogP contribution in [0.2, 0.25) is 0 Å². The predicted molar refractivity (Wildman–Crippen MR) is 399 cm³/mol. The molecule has 0 bridgehead atoms. The zero-order chi connectivity index (χ0) is 70.9. The van der Waals surface area contributed by atoms with Gasteiger partial charge in [-0.2, -0.15) is 0 Å². The Morgan fingerprint density at radius 1 is 0.299 bits per heavy atom. The van der Waals surface area contributed by atoms with Crippen LogP contribution in [-0.2, 0) is 55.8 Å². The Balaban J connectivity index is 4.57. The molecule has 0 aliphatic carbocycles. The third-order valence-electron chi connectivity index (χ3n) is 15.4. The first-order valence-corrected chi connectivity index (χ1v) is 40.5. The van der Waals surface area contributed by atoms with E-state index < -0.39 is 91.5 Å². The molecule has 0 fully saturated rings. The van der Waals surface area contributed by atoms with Crippen LogP contribution in [0, 0.1) is 0 Å². The lowest BCUT2D eigenvalue weighted by Crippen LogP contribution is -2.30. The lowest BCUT2D eigenvalue weighted by atomic mass is 10.0. The van der Waals surface area contributed by atoms with Crippen molar-refractivity contribution in [2.45, 2.75) is 309 Å². The van der Waals surface area contributed by atoms with Gasteiger partial charge in [0.1, 0.15) is 25.4 Å². The molecule has 0 amide bonds. The summed E-state index contributed by atoms with van der Waals surface area (Å²) in [5.74, 6) is -1.63. The largest absolute Gasteiger partial charge is 0.472 e. The van der Waals surface area contributed by atoms with Crippen LogP contribution in [0.3, 0.4) is 0 Å². The van der Waals surface area contributed by atoms with Gasteiger partial charge in [-0.15, -0.1) is 0 Å². The molecule has 0 aromatic carbocycles. The van der Waals surface area contributed by atoms with Crippen molar-refractivity contribution in [1.82, 2.24) is 0 Å². The predicted octanol–water partition coefficient (Wildman–Crippen LogP) is 21.5. The normalized spacial score (nSPS) is 14.8. The monoisotopic (exact) mass is 1400 g/mol. The molecule has 0 rings (SSSR count). The first-order valence-electron chi connectivity index (χ1n) is 37.5. The van der Waals surface area contributed by atoms with E-state index in [9.17, 15) is 43.5 Å². The first-order chi connectivity index (χ1) is 47.2. The fraction of sp³-hybridized carbons (Fsp3) is 0.684. The van der Waals surface area contributed by atoms with Crippen LogP contribution >= 0.6 is 15.6 Å². The average Bonchev–Trinajstić information content (AvgIpc) is 2.14. The fourth-order valence-corrected chi connectivity index (χ4v) is 11.3. The van der Waals surface area contributed by atoms with Crippen LogP contribution < -0.4 is 0 Å². The summed E-state index contributed by atoms with van der Waals surface area (Å²) in [6, 6.07) is 0. The van der Waals surface area contributed by atoms with E-state index in [1.165, 1.54) is 96.3 Å². The molecule has 97 heavy (non-hydrogen) atoms. The molecular formula is C79H134O16P2. The Hall–Kier alpha value is -4.31. The van der Waals surface area contributed by atoms with Crippen molar-refractivity contribution in [3.8, 4) is 0 Å². The van der Waals surface area contributed by atoms with Gasteiger partial charge in [0.25, 0.3) is 0 Å². The van der Waals surface area contributed by atoms with Crippen LogP contribution in [0.25, 0.3) is 0 Å². The first kappa shape index (κ1) is 92.7. The number of allylic oxidation sites excluding steroid dienone is 22. The molecule has 5 unspecified atom stereocenters. The smallest absolute Gasteiger partial charge is 0.463 e. The summed E-state index contributed by atoms with van der Waals surface area (Å²) in [5, 5.41) is 20.6. The standard InChI is InChI=1S/C79H134O16P2/c1-4-7-10-13-16-19-22-25-27-29-31-33-34-35-36-37-38-40-42-43-45-48-50-53-56-59-62-65-77(82)89-68-74(80)69-91-96(85,86)92-70-75(81)71-93-97(87,88)94-73-76(95-79(84)67-64-61-58-55-52-47-24-21-18-15-12-9-6-3)72-90-78(83)66-63-60-57-54-51-49-46-44-41-39-32-30-28-26-23-20-17-14-11-8-5-2/h7-8,10-11,16-17,19-20,25-28,31-33,35-36,39,44,46,51,54,74-76,80-81H,4-6,9,12-15,18,21-24,29-30,34,37-38,40-43,45,47-50,52-53,55-73H2,1-3H3,(H,85,86)(H,87,88)/b10-7-,11-8-,19-16-,20-17-,27-25-,28-26-,33-31-,36-35-,39-32-,46-44-,54-51-. The van der Waals surface area contributed by atoms with Gasteiger partial charge in [-0.1, -0.05) is 289 Å². The molecule has 556 valence electrons. The van der Waals surface area contributed by atoms with Crippen molar-refractivity contribution in [2.24, 2.45) is 0 Å². The Labute approximate surface area is 588 Å². The second-order valence-electron chi connectivity index (χ2n) is 24.7. The Bertz CT molecular complexity index is 2300. The number of unbranched alkanes of at least 4 members (excludes halogenated alkanes) is 25. The summed E-state index contributed by atoms with van der Waals surface area (Å²) < 4.78 is 61.0. The van der Waals surface area contributed by atoms with Gasteiger partial charge < -0.3 is 34.2 Å². The van der Waals surface area contributed by atoms with E-state index in [0.29, 0.717) is 19.3 Å². The SMILES string of the molecule is CC/C=C\C/C=C\C/C=C\C/C=C\C/C=C\C/C=C\CCCCC(=O)OCC(COP(=O)(O)OCC(O)COP(=O)(O)OCC(O)COC(=O)CCCCCCCCCCCCC/C=C\C/C=C\C/C=C\C/C=C\C/C=C\CC)OC(=O)CCCCCCCCCCCCCCC. The molecule has 0 aliphatic heterocycles. The number of hydrogen-bond donors (Lipinski definition) is 4. The highest BCUT2D eigenvalue weighted by atomic mass is 31.2. The van der Waals surface area contributed by atoms with Gasteiger partial charge in [-0.25, -0.2) is 9.13 Å². The van der Waals surface area contributed by atoms with Gasteiger partial charge in [0, 0.05) is 19.3 Å². The van der Waals surface area contributed by atoms with Gasteiger partial charge >= 0.3 is 33.6 Å². The molecule has 0 saturated carbocycles. The minimum Gasteiger partial charge on any atom is -0.463 e. The minimum absolute atomic E-state index is 0.0948. The minimum atomic E-state index is -4.94. The number of phosphoric acid groups is 2. The zero-order valence-electron chi connectivity index (χ0n) is 60.5. The highest BCUT2D eigenvalue weighted by Crippen LogP contribution is 2.45. The number of esters is 3. The van der Waals surface area contributed by atoms with Crippen molar-refractivity contribution < 1.29 is 75.8 Å². The topological polar surface area (TPSA) is 231 Å². The van der Waals surface area contributed by atoms with E-state index in [-0.39, 0.29) is 19.3 Å². The van der Waals surface area contributed by atoms with Crippen molar-refractivity contribution in [3.05, 3.63) is 134 Å². The molecule has 0 aromatic rings. The molecule has 0 saturated heterocycles. The van der Waals surface area contributed by atoms with E-state index in [1.54, 1.807) is 0 Å². The number of carbonyl (C=O) groups excluding carboxylic acids is 3. The Morgan fingerprint density at radius 2 is 0.546 bits per heavy atom. The van der Waals surface area contributed by atoms with E-state index in [0.717, 1.165) is 135 Å². The second kappa shape index (κ2) is 71.5. The molecule has 0 spiro atoms. The van der Waals surface area contributed by atoms with E-state index in [2.05, 4.69) is 154 Å². The van der Waals surface area contributed by atoms with Gasteiger partial charge in [0.15, 0.2) is 6.10 Å². The molecule has 0 aromatic heterocycles. The third kappa shape index (κ3) is 72.8. The fourth-order valence-electron chi connectivity index (χ4n) is 9.72. The van der Waals surface area contributed by atoms with E-state index in [4.69, 9.17) is 32.3 Å². The summed E-state index contributed by atoms with van der Waals surface area (Å²) in [6.45, 7) is 2.40. The number of phosphoric ester groups is 2. The van der Waals surface area contributed by atoms with E-state index >= 15 is 0 Å². The highest BCUT2D eigenvalue weighted by Gasteiger charge is 2.29. The number of carbonyl (C=O) groups is 3.